The van der Waals surface area contributed by atoms with E-state index >= 15 is 0 Å². The van der Waals surface area contributed by atoms with Gasteiger partial charge in [-0.2, -0.15) is 0 Å². The first-order valence-electron chi connectivity index (χ1n) is 5.08. The Hall–Kier alpha value is -0.180. The van der Waals surface area contributed by atoms with Crippen LogP contribution in [0.4, 0.5) is 8.78 Å². The molecule has 1 nitrogen and oxygen atoms in total. The summed E-state index contributed by atoms with van der Waals surface area (Å²) in [5.74, 6) is -2.24. The molecule has 1 N–H and O–H groups in total. The van der Waals surface area contributed by atoms with E-state index in [9.17, 15) is 8.78 Å². The second-order valence-corrected chi connectivity index (χ2v) is 5.05. The van der Waals surface area contributed by atoms with E-state index in [1.165, 1.54) is 0 Å². The Morgan fingerprint density at radius 2 is 1.77 bits per heavy atom. The molecule has 0 radical (unpaired) electrons. The summed E-state index contributed by atoms with van der Waals surface area (Å²) in [5, 5.41) is 8.83. The molecule has 0 bridgehead atoms. The van der Waals surface area contributed by atoms with Gasteiger partial charge in [-0.3, -0.25) is 0 Å². The molecule has 13 heavy (non-hydrogen) atoms. The third-order valence-electron chi connectivity index (χ3n) is 4.80. The minimum Gasteiger partial charge on any atom is -0.396 e. The van der Waals surface area contributed by atoms with E-state index in [2.05, 4.69) is 0 Å². The lowest BCUT2D eigenvalue weighted by atomic mass is 9.62. The molecule has 0 aromatic rings. The van der Waals surface area contributed by atoms with E-state index in [1.807, 2.05) is 0 Å². The van der Waals surface area contributed by atoms with Gasteiger partial charge in [-0.25, -0.2) is 8.78 Å². The van der Waals surface area contributed by atoms with Crippen LogP contribution in [0.5, 0.6) is 0 Å². The van der Waals surface area contributed by atoms with Gasteiger partial charge in [0.2, 0.25) is 0 Å². The molecule has 3 aliphatic rings. The van der Waals surface area contributed by atoms with Crippen molar-refractivity contribution in [1.82, 2.24) is 0 Å². The Labute approximate surface area is 76.1 Å². The van der Waals surface area contributed by atoms with Crippen molar-refractivity contribution in [3.8, 4) is 0 Å². The van der Waals surface area contributed by atoms with Crippen LogP contribution in [0.25, 0.3) is 0 Å². The monoisotopic (exact) mass is 188 g/mol. The number of rotatable bonds is 1. The third kappa shape index (κ3) is 0.567. The Morgan fingerprint density at radius 1 is 1.15 bits per heavy atom. The van der Waals surface area contributed by atoms with Crippen LogP contribution in [0.1, 0.15) is 32.1 Å². The maximum absolute atomic E-state index is 13.6. The Kier molecular flexibility index (Phi) is 1.21. The number of hydrogen-bond acceptors (Lipinski definition) is 1. The largest absolute Gasteiger partial charge is 0.396 e. The standard InChI is InChI=1S/C10H14F2O/c11-10(12)8(2-1-3-8)9(10)4-7(5-9)6-13/h7,13H,1-6H2. The topological polar surface area (TPSA) is 20.2 Å². The summed E-state index contributed by atoms with van der Waals surface area (Å²) in [6.45, 7) is 0.0912. The number of aliphatic hydroxyl groups is 1. The highest BCUT2D eigenvalue weighted by atomic mass is 19.3. The van der Waals surface area contributed by atoms with Crippen molar-refractivity contribution in [2.75, 3.05) is 6.61 Å². The first-order valence-corrected chi connectivity index (χ1v) is 5.08. The molecule has 3 saturated carbocycles. The molecular formula is C10H14F2O. The quantitative estimate of drug-likeness (QED) is 0.668. The van der Waals surface area contributed by atoms with Crippen LogP contribution in [-0.2, 0) is 0 Å². The normalized spacial score (nSPS) is 48.7. The van der Waals surface area contributed by atoms with Gasteiger partial charge in [-0.15, -0.1) is 0 Å². The number of alkyl halides is 2. The van der Waals surface area contributed by atoms with Crippen molar-refractivity contribution in [3.63, 3.8) is 0 Å². The number of hydrogen-bond donors (Lipinski definition) is 1. The summed E-state index contributed by atoms with van der Waals surface area (Å²) in [5.41, 5.74) is -1.27. The molecular weight excluding hydrogens is 174 g/mol. The third-order valence-corrected chi connectivity index (χ3v) is 4.80. The molecule has 2 spiro atoms. The molecule has 0 aromatic carbocycles. The molecule has 3 heteroatoms. The lowest BCUT2D eigenvalue weighted by Crippen LogP contribution is -2.35. The zero-order valence-corrected chi connectivity index (χ0v) is 7.52. The van der Waals surface area contributed by atoms with E-state index in [1.54, 1.807) is 0 Å². The molecule has 0 unspecified atom stereocenters. The maximum atomic E-state index is 13.6. The summed E-state index contributed by atoms with van der Waals surface area (Å²) < 4.78 is 27.1. The molecule has 3 fully saturated rings. The fraction of sp³-hybridized carbons (Fsp3) is 1.00. The van der Waals surface area contributed by atoms with E-state index in [-0.39, 0.29) is 12.5 Å². The Balaban J connectivity index is 1.81. The molecule has 3 rings (SSSR count). The van der Waals surface area contributed by atoms with Gasteiger partial charge in [0.15, 0.2) is 0 Å². The van der Waals surface area contributed by atoms with Crippen LogP contribution in [0.3, 0.4) is 0 Å². The summed E-state index contributed by atoms with van der Waals surface area (Å²) in [6, 6.07) is 0. The number of halogens is 2. The SMILES string of the molecule is OCC1CC2(C1)C(F)(F)C21CCC1. The van der Waals surface area contributed by atoms with Crippen molar-refractivity contribution in [3.05, 3.63) is 0 Å². The van der Waals surface area contributed by atoms with Crippen LogP contribution < -0.4 is 0 Å². The van der Waals surface area contributed by atoms with Crippen molar-refractivity contribution >= 4 is 0 Å². The van der Waals surface area contributed by atoms with E-state index < -0.39 is 16.8 Å². The predicted octanol–water partition coefficient (Wildman–Crippen LogP) is 2.19. The minimum absolute atomic E-state index is 0.0912. The second kappa shape index (κ2) is 1.92. The molecule has 3 aliphatic carbocycles. The van der Waals surface area contributed by atoms with Gasteiger partial charge in [-0.1, -0.05) is 6.42 Å². The van der Waals surface area contributed by atoms with Gasteiger partial charge in [0.25, 0.3) is 5.92 Å². The van der Waals surface area contributed by atoms with E-state index in [0.29, 0.717) is 12.8 Å². The average Bonchev–Trinajstić information content (AvgIpc) is 2.36. The highest BCUT2D eigenvalue weighted by Crippen LogP contribution is 2.89. The summed E-state index contributed by atoms with van der Waals surface area (Å²) >= 11 is 0. The highest BCUT2D eigenvalue weighted by Gasteiger charge is 2.93. The molecule has 0 atom stereocenters. The second-order valence-electron chi connectivity index (χ2n) is 5.05. The van der Waals surface area contributed by atoms with E-state index in [4.69, 9.17) is 5.11 Å². The zero-order valence-electron chi connectivity index (χ0n) is 7.52. The summed E-state index contributed by atoms with van der Waals surface area (Å²) in [4.78, 5) is 0. The fourth-order valence-corrected chi connectivity index (χ4v) is 3.77. The van der Waals surface area contributed by atoms with Gasteiger partial charge in [0.1, 0.15) is 0 Å². The van der Waals surface area contributed by atoms with Gasteiger partial charge in [-0.05, 0) is 31.6 Å². The highest BCUT2D eigenvalue weighted by molar-refractivity contribution is 5.34. The first-order chi connectivity index (χ1) is 6.10. The number of fused-ring (bicyclic) bond motifs is 1. The fourth-order valence-electron chi connectivity index (χ4n) is 3.77. The van der Waals surface area contributed by atoms with Crippen LogP contribution in [-0.4, -0.2) is 17.6 Å². The van der Waals surface area contributed by atoms with Crippen molar-refractivity contribution in [2.45, 2.75) is 38.0 Å². The molecule has 74 valence electrons. The summed E-state index contributed by atoms with van der Waals surface area (Å²) in [7, 11) is 0. The molecule has 0 aromatic heterocycles. The smallest absolute Gasteiger partial charge is 0.260 e. The van der Waals surface area contributed by atoms with Crippen molar-refractivity contribution in [1.29, 1.82) is 0 Å². The Morgan fingerprint density at radius 3 is 2.08 bits per heavy atom. The first kappa shape index (κ1) is 8.16. The predicted molar refractivity (Wildman–Crippen MR) is 43.5 cm³/mol. The minimum atomic E-state index is -2.40. The van der Waals surface area contributed by atoms with Gasteiger partial charge >= 0.3 is 0 Å². The lowest BCUT2D eigenvalue weighted by Gasteiger charge is -2.40. The van der Waals surface area contributed by atoms with Crippen molar-refractivity contribution < 1.29 is 13.9 Å². The summed E-state index contributed by atoms with van der Waals surface area (Å²) in [6.07, 6.45) is 3.55. The van der Waals surface area contributed by atoms with Gasteiger partial charge < -0.3 is 5.11 Å². The molecule has 0 amide bonds. The van der Waals surface area contributed by atoms with Crippen molar-refractivity contribution in [2.24, 2.45) is 16.7 Å². The maximum Gasteiger partial charge on any atom is 0.260 e. The van der Waals surface area contributed by atoms with Crippen LogP contribution in [0, 0.1) is 16.7 Å². The van der Waals surface area contributed by atoms with Crippen LogP contribution in [0.15, 0.2) is 0 Å². The average molecular weight is 188 g/mol. The number of aliphatic hydroxyl groups excluding tert-OH is 1. The van der Waals surface area contributed by atoms with Gasteiger partial charge in [0.05, 0.1) is 0 Å². The van der Waals surface area contributed by atoms with Crippen LogP contribution >= 0.6 is 0 Å². The zero-order chi connectivity index (χ0) is 9.32. The molecule has 0 heterocycles. The molecule has 0 saturated heterocycles. The van der Waals surface area contributed by atoms with Crippen LogP contribution in [0.2, 0.25) is 0 Å². The Bertz CT molecular complexity index is 252. The van der Waals surface area contributed by atoms with E-state index in [0.717, 1.165) is 19.3 Å². The lowest BCUT2D eigenvalue weighted by molar-refractivity contribution is -0.0147. The molecule has 0 aliphatic heterocycles. The van der Waals surface area contributed by atoms with Gasteiger partial charge in [0, 0.05) is 17.4 Å².